The molecule has 1 aliphatic heterocycles. The van der Waals surface area contributed by atoms with Gasteiger partial charge in [-0.15, -0.1) is 11.3 Å². The summed E-state index contributed by atoms with van der Waals surface area (Å²) in [5, 5.41) is 1.21. The fourth-order valence-electron chi connectivity index (χ4n) is 3.25. The van der Waals surface area contributed by atoms with Crippen LogP contribution in [-0.4, -0.2) is 19.0 Å². The van der Waals surface area contributed by atoms with Gasteiger partial charge in [0.1, 0.15) is 4.88 Å². The van der Waals surface area contributed by atoms with Crippen LogP contribution >= 0.6 is 11.3 Å². The molecule has 1 aromatic rings. The normalized spacial score (nSPS) is 22.1. The maximum absolute atomic E-state index is 11.6. The van der Waals surface area contributed by atoms with Crippen LogP contribution in [0.3, 0.4) is 0 Å². The number of carbonyl (C=O) groups is 1. The maximum atomic E-state index is 11.6. The van der Waals surface area contributed by atoms with Crippen LogP contribution in [0.15, 0.2) is 0 Å². The molecule has 2 heterocycles. The second-order valence-electron chi connectivity index (χ2n) is 7.21. The number of nitrogens with zero attached hydrogens (tertiary/aromatic N) is 1. The average Bonchev–Trinajstić information content (AvgIpc) is 3.18. The number of hydrogen-bond donors (Lipinski definition) is 2. The first-order chi connectivity index (χ1) is 9.89. The molecule has 1 amide bonds. The van der Waals surface area contributed by atoms with E-state index in [1.165, 1.54) is 54.0 Å². The third-order valence-corrected chi connectivity index (χ3v) is 6.10. The molecule has 1 saturated heterocycles. The van der Waals surface area contributed by atoms with Crippen LogP contribution in [0.1, 0.15) is 67.1 Å². The molecule has 0 radical (unpaired) electrons. The first kappa shape index (κ1) is 14.7. The molecule has 0 unspecified atom stereocenters. The van der Waals surface area contributed by atoms with Crippen molar-refractivity contribution in [2.45, 2.75) is 51.9 Å². The van der Waals surface area contributed by atoms with Gasteiger partial charge in [0.25, 0.3) is 5.91 Å². The molecule has 21 heavy (non-hydrogen) atoms. The Morgan fingerprint density at radius 3 is 2.62 bits per heavy atom. The molecule has 4 N–H and O–H groups in total. The molecule has 0 atom stereocenters. The molecule has 4 nitrogen and oxygen atoms in total. The van der Waals surface area contributed by atoms with Gasteiger partial charge in [0.05, 0.1) is 10.7 Å². The second-order valence-corrected chi connectivity index (χ2v) is 8.21. The molecule has 2 aliphatic rings. The van der Waals surface area contributed by atoms with Crippen molar-refractivity contribution in [1.29, 1.82) is 0 Å². The Labute approximate surface area is 130 Å². The molecule has 3 rings (SSSR count). The lowest BCUT2D eigenvalue weighted by Gasteiger charge is -2.25. The quantitative estimate of drug-likeness (QED) is 0.899. The highest BCUT2D eigenvalue weighted by molar-refractivity contribution is 7.18. The van der Waals surface area contributed by atoms with Gasteiger partial charge in [-0.1, -0.05) is 13.8 Å². The molecule has 0 bridgehead atoms. The van der Waals surface area contributed by atoms with Crippen molar-refractivity contribution in [2.24, 2.45) is 11.1 Å². The smallest absolute Gasteiger partial charge is 0.260 e. The molecular weight excluding hydrogens is 282 g/mol. The number of carbonyl (C=O) groups excluding carboxylic acids is 1. The predicted molar refractivity (Wildman–Crippen MR) is 89.1 cm³/mol. The van der Waals surface area contributed by atoms with E-state index in [9.17, 15) is 4.79 Å². The van der Waals surface area contributed by atoms with Crippen molar-refractivity contribution >= 4 is 27.9 Å². The highest BCUT2D eigenvalue weighted by Gasteiger charge is 2.35. The fraction of sp³-hybridized carbons (Fsp3) is 0.688. The highest BCUT2D eigenvalue weighted by atomic mass is 32.1. The summed E-state index contributed by atoms with van der Waals surface area (Å²) in [5.41, 5.74) is 14.0. The number of primary amides is 1. The summed E-state index contributed by atoms with van der Waals surface area (Å²) in [6.07, 6.45) is 6.00. The van der Waals surface area contributed by atoms with Crippen molar-refractivity contribution in [3.63, 3.8) is 0 Å². The van der Waals surface area contributed by atoms with E-state index < -0.39 is 0 Å². The van der Waals surface area contributed by atoms with Crippen LogP contribution in [-0.2, 0) is 0 Å². The Hall–Kier alpha value is -1.23. The molecule has 1 aliphatic carbocycles. The van der Waals surface area contributed by atoms with Gasteiger partial charge in [0.15, 0.2) is 0 Å². The van der Waals surface area contributed by atoms with E-state index in [1.807, 2.05) is 0 Å². The number of thiophene rings is 1. The van der Waals surface area contributed by atoms with Gasteiger partial charge in [-0.2, -0.15) is 0 Å². The van der Waals surface area contributed by atoms with E-state index in [2.05, 4.69) is 18.7 Å². The van der Waals surface area contributed by atoms with Crippen LogP contribution in [0.2, 0.25) is 0 Å². The zero-order valence-electron chi connectivity index (χ0n) is 12.9. The molecule has 2 fully saturated rings. The summed E-state index contributed by atoms with van der Waals surface area (Å²) in [7, 11) is 0. The number of amides is 1. The van der Waals surface area contributed by atoms with Crippen molar-refractivity contribution in [3.05, 3.63) is 10.4 Å². The first-order valence-electron chi connectivity index (χ1n) is 7.86. The standard InChI is InChI=1S/C16H25N3OS/c1-16(2)6-3-8-19(9-7-16)15-11(10-4-5-10)12(17)13(21-15)14(18)20/h10H,3-9,17H2,1-2H3,(H2,18,20). The summed E-state index contributed by atoms with van der Waals surface area (Å²) >= 11 is 1.50. The summed E-state index contributed by atoms with van der Waals surface area (Å²) in [6.45, 7) is 6.79. The van der Waals surface area contributed by atoms with E-state index in [0.717, 1.165) is 13.1 Å². The Morgan fingerprint density at radius 2 is 2.00 bits per heavy atom. The summed E-state index contributed by atoms with van der Waals surface area (Å²) in [4.78, 5) is 14.6. The molecular formula is C16H25N3OS. The number of rotatable bonds is 3. The molecule has 116 valence electrons. The maximum Gasteiger partial charge on any atom is 0.260 e. The largest absolute Gasteiger partial charge is 0.397 e. The lowest BCUT2D eigenvalue weighted by atomic mass is 9.85. The topological polar surface area (TPSA) is 72.3 Å². The Morgan fingerprint density at radius 1 is 1.29 bits per heavy atom. The van der Waals surface area contributed by atoms with Crippen LogP contribution < -0.4 is 16.4 Å². The molecule has 5 heteroatoms. The molecule has 0 aromatic carbocycles. The lowest BCUT2D eigenvalue weighted by molar-refractivity contribution is 0.100. The zero-order valence-corrected chi connectivity index (χ0v) is 13.8. The van der Waals surface area contributed by atoms with Crippen molar-refractivity contribution in [1.82, 2.24) is 0 Å². The van der Waals surface area contributed by atoms with Gasteiger partial charge in [-0.05, 0) is 43.4 Å². The summed E-state index contributed by atoms with van der Waals surface area (Å²) < 4.78 is 0. The van der Waals surface area contributed by atoms with Gasteiger partial charge in [0, 0.05) is 18.7 Å². The number of anilines is 2. The highest BCUT2D eigenvalue weighted by Crippen LogP contribution is 2.52. The van der Waals surface area contributed by atoms with Crippen molar-refractivity contribution in [3.8, 4) is 0 Å². The SMILES string of the molecule is CC1(C)CCCN(c2sc(C(N)=O)c(N)c2C2CC2)CC1. The van der Waals surface area contributed by atoms with Crippen LogP contribution in [0.4, 0.5) is 10.7 Å². The van der Waals surface area contributed by atoms with E-state index in [1.54, 1.807) is 0 Å². The first-order valence-corrected chi connectivity index (χ1v) is 8.67. The van der Waals surface area contributed by atoms with Gasteiger partial charge < -0.3 is 16.4 Å². The van der Waals surface area contributed by atoms with Gasteiger partial charge in [-0.25, -0.2) is 0 Å². The van der Waals surface area contributed by atoms with E-state index in [-0.39, 0.29) is 5.91 Å². The fourth-order valence-corrected chi connectivity index (χ4v) is 4.47. The third-order valence-electron chi connectivity index (χ3n) is 4.80. The van der Waals surface area contributed by atoms with Crippen molar-refractivity contribution < 1.29 is 4.79 Å². The number of nitrogen functional groups attached to an aromatic ring is 1. The van der Waals surface area contributed by atoms with Gasteiger partial charge in [0.2, 0.25) is 0 Å². The van der Waals surface area contributed by atoms with Gasteiger partial charge in [-0.3, -0.25) is 4.79 Å². The number of hydrogen-bond acceptors (Lipinski definition) is 4. The van der Waals surface area contributed by atoms with E-state index in [4.69, 9.17) is 11.5 Å². The van der Waals surface area contributed by atoms with Crippen LogP contribution in [0.5, 0.6) is 0 Å². The van der Waals surface area contributed by atoms with Crippen LogP contribution in [0.25, 0.3) is 0 Å². The minimum Gasteiger partial charge on any atom is -0.397 e. The lowest BCUT2D eigenvalue weighted by Crippen LogP contribution is -2.25. The Kier molecular flexibility index (Phi) is 3.64. The predicted octanol–water partition coefficient (Wildman–Crippen LogP) is 3.32. The zero-order chi connectivity index (χ0) is 15.2. The summed E-state index contributed by atoms with van der Waals surface area (Å²) in [6, 6.07) is 0. The molecule has 0 spiro atoms. The Bertz CT molecular complexity index is 560. The third kappa shape index (κ3) is 2.89. The minimum absolute atomic E-state index is 0.388. The second kappa shape index (κ2) is 5.20. The monoisotopic (exact) mass is 307 g/mol. The van der Waals surface area contributed by atoms with E-state index in [0.29, 0.717) is 21.9 Å². The molecule has 1 aromatic heterocycles. The minimum atomic E-state index is -0.388. The van der Waals surface area contributed by atoms with E-state index >= 15 is 0 Å². The Balaban J connectivity index is 1.94. The number of nitrogens with two attached hydrogens (primary N) is 2. The molecule has 1 saturated carbocycles. The summed E-state index contributed by atoms with van der Waals surface area (Å²) in [5.74, 6) is 0.154. The van der Waals surface area contributed by atoms with Gasteiger partial charge >= 0.3 is 0 Å². The van der Waals surface area contributed by atoms with Crippen LogP contribution in [0, 0.1) is 5.41 Å². The van der Waals surface area contributed by atoms with Crippen molar-refractivity contribution in [2.75, 3.05) is 23.7 Å². The average molecular weight is 307 g/mol.